The molecule has 0 saturated heterocycles. The Bertz CT molecular complexity index is 308. The molecule has 0 atom stereocenters. The molecule has 1 aromatic carbocycles. The Balaban J connectivity index is 2.37. The summed E-state index contributed by atoms with van der Waals surface area (Å²) >= 11 is 5.74. The highest BCUT2D eigenvalue weighted by Gasteiger charge is 2.03. The summed E-state index contributed by atoms with van der Waals surface area (Å²) in [5.74, 6) is 0.114. The molecule has 0 heterocycles. The molecule has 2 nitrogen and oxygen atoms in total. The van der Waals surface area contributed by atoms with Crippen LogP contribution in [0.15, 0.2) is 24.3 Å². The summed E-state index contributed by atoms with van der Waals surface area (Å²) in [7, 11) is 0. The van der Waals surface area contributed by atoms with Crippen LogP contribution < -0.4 is 5.32 Å². The molecule has 0 radical (unpaired) electrons. The Kier molecular flexibility index (Phi) is 5.37. The van der Waals surface area contributed by atoms with Gasteiger partial charge in [-0.3, -0.25) is 4.79 Å². The van der Waals surface area contributed by atoms with Crippen molar-refractivity contribution in [2.75, 3.05) is 13.1 Å². The summed E-state index contributed by atoms with van der Waals surface area (Å²) in [6.45, 7) is 3.43. The van der Waals surface area contributed by atoms with Crippen molar-refractivity contribution in [3.8, 4) is 0 Å². The van der Waals surface area contributed by atoms with Crippen molar-refractivity contribution < 1.29 is 4.79 Å². The van der Waals surface area contributed by atoms with Gasteiger partial charge < -0.3 is 5.32 Å². The lowest BCUT2D eigenvalue weighted by Crippen LogP contribution is -2.23. The Labute approximate surface area is 95.6 Å². The molecule has 0 bridgehead atoms. The Morgan fingerprint density at radius 2 is 2.00 bits per heavy atom. The van der Waals surface area contributed by atoms with Crippen molar-refractivity contribution in [3.63, 3.8) is 0 Å². The molecule has 0 aliphatic rings. The number of hydrogen-bond donors (Lipinski definition) is 1. The van der Waals surface area contributed by atoms with Crippen LogP contribution in [-0.2, 0) is 0 Å². The number of unbranched alkanes of at least 4 members (excludes halogenated alkanes) is 1. The van der Waals surface area contributed by atoms with Crippen LogP contribution in [0.3, 0.4) is 0 Å². The van der Waals surface area contributed by atoms with Crippen LogP contribution in [0, 0.1) is 0 Å². The molecule has 1 rings (SSSR count). The summed E-state index contributed by atoms with van der Waals surface area (Å²) in [6, 6.07) is 6.99. The normalized spacial score (nSPS) is 10.3. The largest absolute Gasteiger partial charge is 0.310 e. The Morgan fingerprint density at radius 1 is 1.33 bits per heavy atom. The van der Waals surface area contributed by atoms with Crippen LogP contribution >= 0.6 is 11.6 Å². The molecule has 0 aromatic heterocycles. The third-order valence-electron chi connectivity index (χ3n) is 2.16. The van der Waals surface area contributed by atoms with Crippen LogP contribution in [0.2, 0.25) is 5.02 Å². The zero-order valence-electron chi connectivity index (χ0n) is 8.92. The first-order valence-electron chi connectivity index (χ1n) is 5.23. The smallest absolute Gasteiger partial charge is 0.176 e. The minimum atomic E-state index is 0.114. The van der Waals surface area contributed by atoms with E-state index in [2.05, 4.69) is 12.2 Å². The van der Waals surface area contributed by atoms with Gasteiger partial charge in [0.2, 0.25) is 0 Å². The summed E-state index contributed by atoms with van der Waals surface area (Å²) in [5.41, 5.74) is 0.711. The van der Waals surface area contributed by atoms with Crippen LogP contribution in [0.25, 0.3) is 0 Å². The average molecular weight is 226 g/mol. The number of benzene rings is 1. The van der Waals surface area contributed by atoms with E-state index in [1.165, 1.54) is 0 Å². The Morgan fingerprint density at radius 3 is 2.60 bits per heavy atom. The third kappa shape index (κ3) is 4.45. The number of carbonyl (C=O) groups excluding carboxylic acids is 1. The first kappa shape index (κ1) is 12.2. The predicted molar refractivity (Wildman–Crippen MR) is 63.6 cm³/mol. The van der Waals surface area contributed by atoms with Gasteiger partial charge in [-0.15, -0.1) is 0 Å². The predicted octanol–water partition coefficient (Wildman–Crippen LogP) is 2.91. The Hall–Kier alpha value is -0.860. The van der Waals surface area contributed by atoms with Gasteiger partial charge in [0.1, 0.15) is 0 Å². The maximum atomic E-state index is 11.6. The standard InChI is InChI=1S/C12H16ClNO/c1-2-3-8-14-9-12(15)10-4-6-11(13)7-5-10/h4-7,14H,2-3,8-9H2,1H3. The number of carbonyl (C=O) groups is 1. The van der Waals surface area contributed by atoms with Crippen LogP contribution in [0.4, 0.5) is 0 Å². The van der Waals surface area contributed by atoms with Gasteiger partial charge in [0.25, 0.3) is 0 Å². The number of Topliss-reactive ketones (excluding diaryl/α,β-unsaturated/α-hetero) is 1. The van der Waals surface area contributed by atoms with E-state index in [4.69, 9.17) is 11.6 Å². The van der Waals surface area contributed by atoms with Crippen molar-refractivity contribution in [1.82, 2.24) is 5.32 Å². The topological polar surface area (TPSA) is 29.1 Å². The van der Waals surface area contributed by atoms with E-state index in [0.717, 1.165) is 19.4 Å². The number of ketones is 1. The van der Waals surface area contributed by atoms with Gasteiger partial charge in [-0.05, 0) is 37.2 Å². The maximum Gasteiger partial charge on any atom is 0.176 e. The number of nitrogens with one attached hydrogen (secondary N) is 1. The monoisotopic (exact) mass is 225 g/mol. The summed E-state index contributed by atoms with van der Waals surface area (Å²) in [4.78, 5) is 11.6. The van der Waals surface area contributed by atoms with E-state index in [9.17, 15) is 4.79 Å². The van der Waals surface area contributed by atoms with E-state index in [1.807, 2.05) is 0 Å². The number of hydrogen-bond acceptors (Lipinski definition) is 2. The van der Waals surface area contributed by atoms with Crippen molar-refractivity contribution >= 4 is 17.4 Å². The summed E-state index contributed by atoms with van der Waals surface area (Å²) < 4.78 is 0. The van der Waals surface area contributed by atoms with Crippen molar-refractivity contribution in [1.29, 1.82) is 0 Å². The quantitative estimate of drug-likeness (QED) is 0.596. The molecular formula is C12H16ClNO. The lowest BCUT2D eigenvalue weighted by atomic mass is 10.1. The van der Waals surface area contributed by atoms with Crippen molar-refractivity contribution in [2.24, 2.45) is 0 Å². The van der Waals surface area contributed by atoms with Crippen molar-refractivity contribution in [2.45, 2.75) is 19.8 Å². The maximum absolute atomic E-state index is 11.6. The SMILES string of the molecule is CCCCNCC(=O)c1ccc(Cl)cc1. The van der Waals surface area contributed by atoms with Gasteiger partial charge in [0.15, 0.2) is 5.78 Å². The lowest BCUT2D eigenvalue weighted by Gasteiger charge is -2.03. The van der Waals surface area contributed by atoms with Gasteiger partial charge in [0, 0.05) is 10.6 Å². The molecule has 0 aliphatic carbocycles. The average Bonchev–Trinajstić information content (AvgIpc) is 2.25. The van der Waals surface area contributed by atoms with E-state index in [-0.39, 0.29) is 5.78 Å². The fourth-order valence-corrected chi connectivity index (χ4v) is 1.37. The summed E-state index contributed by atoms with van der Waals surface area (Å²) in [6.07, 6.45) is 2.25. The first-order valence-corrected chi connectivity index (χ1v) is 5.61. The fourth-order valence-electron chi connectivity index (χ4n) is 1.24. The minimum Gasteiger partial charge on any atom is -0.310 e. The fraction of sp³-hybridized carbons (Fsp3) is 0.417. The first-order chi connectivity index (χ1) is 7.24. The molecule has 15 heavy (non-hydrogen) atoms. The second-order valence-corrected chi connectivity index (χ2v) is 3.90. The molecule has 0 amide bonds. The van der Waals surface area contributed by atoms with E-state index < -0.39 is 0 Å². The highest BCUT2D eigenvalue weighted by Crippen LogP contribution is 2.09. The van der Waals surface area contributed by atoms with E-state index in [0.29, 0.717) is 17.1 Å². The molecule has 0 saturated carbocycles. The van der Waals surface area contributed by atoms with Gasteiger partial charge in [-0.1, -0.05) is 24.9 Å². The molecule has 82 valence electrons. The van der Waals surface area contributed by atoms with Gasteiger partial charge >= 0.3 is 0 Å². The molecule has 3 heteroatoms. The lowest BCUT2D eigenvalue weighted by molar-refractivity contribution is 0.0991. The molecule has 0 fully saturated rings. The molecular weight excluding hydrogens is 210 g/mol. The highest BCUT2D eigenvalue weighted by atomic mass is 35.5. The zero-order valence-corrected chi connectivity index (χ0v) is 9.68. The minimum absolute atomic E-state index is 0.114. The zero-order chi connectivity index (χ0) is 11.1. The third-order valence-corrected chi connectivity index (χ3v) is 2.41. The van der Waals surface area contributed by atoms with Crippen molar-refractivity contribution in [3.05, 3.63) is 34.9 Å². The summed E-state index contributed by atoms with van der Waals surface area (Å²) in [5, 5.41) is 3.77. The number of rotatable bonds is 6. The van der Waals surface area contributed by atoms with Gasteiger partial charge in [-0.25, -0.2) is 0 Å². The molecule has 0 spiro atoms. The van der Waals surface area contributed by atoms with E-state index >= 15 is 0 Å². The van der Waals surface area contributed by atoms with Crippen LogP contribution in [0.5, 0.6) is 0 Å². The second-order valence-electron chi connectivity index (χ2n) is 3.46. The number of halogens is 1. The second kappa shape index (κ2) is 6.59. The van der Waals surface area contributed by atoms with Crippen LogP contribution in [0.1, 0.15) is 30.1 Å². The highest BCUT2D eigenvalue weighted by molar-refractivity contribution is 6.30. The van der Waals surface area contributed by atoms with E-state index in [1.54, 1.807) is 24.3 Å². The molecule has 0 aliphatic heterocycles. The van der Waals surface area contributed by atoms with Crippen LogP contribution in [-0.4, -0.2) is 18.9 Å². The van der Waals surface area contributed by atoms with Gasteiger partial charge in [0.05, 0.1) is 6.54 Å². The molecule has 1 N–H and O–H groups in total. The molecule has 0 unspecified atom stereocenters. The molecule has 1 aromatic rings. The van der Waals surface area contributed by atoms with Gasteiger partial charge in [-0.2, -0.15) is 0 Å².